The molecule has 2 aromatic carbocycles. The van der Waals surface area contributed by atoms with Crippen molar-refractivity contribution in [1.29, 1.82) is 0 Å². The lowest BCUT2D eigenvalue weighted by molar-refractivity contribution is -0.384. The molecule has 126 valence electrons. The van der Waals surface area contributed by atoms with Crippen molar-refractivity contribution in [1.82, 2.24) is 4.98 Å². The normalized spacial score (nSPS) is 11.7. The number of nitrogens with one attached hydrogen (secondary N) is 1. The Kier molecular flexibility index (Phi) is 5.53. The van der Waals surface area contributed by atoms with Crippen LogP contribution in [0.25, 0.3) is 0 Å². The number of nitrogens with zero attached hydrogens (tertiary/aromatic N) is 2. The number of thioether (sulfide) groups is 1. The molecule has 3 aromatic rings. The van der Waals surface area contributed by atoms with Crippen LogP contribution in [0.3, 0.4) is 0 Å². The maximum atomic E-state index is 10.9. The van der Waals surface area contributed by atoms with Gasteiger partial charge >= 0.3 is 0 Å². The van der Waals surface area contributed by atoms with E-state index in [9.17, 15) is 10.1 Å². The summed E-state index contributed by atoms with van der Waals surface area (Å²) in [7, 11) is 0. The van der Waals surface area contributed by atoms with Crippen LogP contribution in [-0.4, -0.2) is 9.91 Å². The number of rotatable bonds is 6. The summed E-state index contributed by atoms with van der Waals surface area (Å²) in [6, 6.07) is 17.9. The van der Waals surface area contributed by atoms with E-state index in [1.165, 1.54) is 12.1 Å². The van der Waals surface area contributed by atoms with E-state index in [-0.39, 0.29) is 11.1 Å². The highest BCUT2D eigenvalue weighted by Crippen LogP contribution is 2.36. The SMILES string of the molecule is O=[N+]([O-])c1ccc([C@H](Nc2cccnc2)Sc2ccc(Cl)cc2)cc1. The number of nitro benzene ring substituents is 1. The molecule has 0 fully saturated rings. The summed E-state index contributed by atoms with van der Waals surface area (Å²) >= 11 is 7.54. The molecule has 0 aliphatic heterocycles. The molecule has 5 nitrogen and oxygen atoms in total. The second-order valence-corrected chi connectivity index (χ2v) is 6.80. The summed E-state index contributed by atoms with van der Waals surface area (Å²) in [4.78, 5) is 15.6. The van der Waals surface area contributed by atoms with Gasteiger partial charge in [-0.05, 0) is 54.1 Å². The molecule has 0 spiro atoms. The van der Waals surface area contributed by atoms with E-state index < -0.39 is 4.92 Å². The summed E-state index contributed by atoms with van der Waals surface area (Å²) in [5.74, 6) is 0. The van der Waals surface area contributed by atoms with E-state index in [4.69, 9.17) is 11.6 Å². The smallest absolute Gasteiger partial charge is 0.269 e. The van der Waals surface area contributed by atoms with E-state index >= 15 is 0 Å². The van der Waals surface area contributed by atoms with Gasteiger partial charge in [0.25, 0.3) is 5.69 Å². The number of benzene rings is 2. The molecule has 0 bridgehead atoms. The molecule has 7 heteroatoms. The first-order valence-corrected chi connectivity index (χ1v) is 8.71. The van der Waals surface area contributed by atoms with Crippen LogP contribution in [0.2, 0.25) is 5.02 Å². The van der Waals surface area contributed by atoms with Gasteiger partial charge in [-0.15, -0.1) is 0 Å². The van der Waals surface area contributed by atoms with Crippen molar-refractivity contribution in [3.05, 3.63) is 93.8 Å². The molecule has 1 atom stereocenters. The Morgan fingerprint density at radius 1 is 1.08 bits per heavy atom. The number of halogens is 1. The zero-order valence-electron chi connectivity index (χ0n) is 13.0. The van der Waals surface area contributed by atoms with Gasteiger partial charge in [0.15, 0.2) is 0 Å². The molecule has 0 unspecified atom stereocenters. The zero-order valence-corrected chi connectivity index (χ0v) is 14.6. The zero-order chi connectivity index (χ0) is 17.6. The molecule has 0 aliphatic rings. The van der Waals surface area contributed by atoms with Crippen molar-refractivity contribution in [2.24, 2.45) is 0 Å². The minimum absolute atomic E-state index is 0.0698. The molecule has 1 aromatic heterocycles. The molecular weight excluding hydrogens is 358 g/mol. The summed E-state index contributed by atoms with van der Waals surface area (Å²) in [5.41, 5.74) is 1.86. The fourth-order valence-corrected chi connectivity index (χ4v) is 3.38. The third-order valence-corrected chi connectivity index (χ3v) is 4.86. The molecule has 3 rings (SSSR count). The standard InChI is InChI=1S/C18H14ClN3O2S/c19-14-5-9-17(10-6-14)25-18(21-15-2-1-11-20-12-15)13-3-7-16(8-4-13)22(23)24/h1-12,18,21H/t18-/m1/s1. The molecule has 25 heavy (non-hydrogen) atoms. The van der Waals surface area contributed by atoms with Gasteiger partial charge in [0.05, 0.1) is 10.6 Å². The predicted octanol–water partition coefficient (Wildman–Crippen LogP) is 5.55. The van der Waals surface area contributed by atoms with E-state index in [0.29, 0.717) is 5.02 Å². The Labute approximate surface area is 154 Å². The second-order valence-electron chi connectivity index (χ2n) is 5.19. The predicted molar refractivity (Wildman–Crippen MR) is 101 cm³/mol. The number of anilines is 1. The second kappa shape index (κ2) is 8.00. The molecule has 1 N–H and O–H groups in total. The first kappa shape index (κ1) is 17.3. The fraction of sp³-hybridized carbons (Fsp3) is 0.0556. The molecule has 0 aliphatic carbocycles. The van der Waals surface area contributed by atoms with Crippen LogP contribution in [0.15, 0.2) is 78.0 Å². The van der Waals surface area contributed by atoms with Crippen molar-refractivity contribution in [3.8, 4) is 0 Å². The van der Waals surface area contributed by atoms with Gasteiger partial charge in [-0.1, -0.05) is 23.4 Å². The van der Waals surface area contributed by atoms with E-state index in [1.54, 1.807) is 36.3 Å². The number of hydrogen-bond donors (Lipinski definition) is 1. The Balaban J connectivity index is 1.87. The molecule has 0 radical (unpaired) electrons. The van der Waals surface area contributed by atoms with Crippen LogP contribution in [0.5, 0.6) is 0 Å². The van der Waals surface area contributed by atoms with E-state index in [0.717, 1.165) is 16.1 Å². The molecule has 0 saturated carbocycles. The van der Waals surface area contributed by atoms with E-state index in [2.05, 4.69) is 10.3 Å². The van der Waals surface area contributed by atoms with E-state index in [1.807, 2.05) is 36.4 Å². The van der Waals surface area contributed by atoms with Crippen molar-refractivity contribution < 1.29 is 4.92 Å². The van der Waals surface area contributed by atoms with Gasteiger partial charge in [0.2, 0.25) is 0 Å². The van der Waals surface area contributed by atoms with Crippen LogP contribution in [0.4, 0.5) is 11.4 Å². The Hall–Kier alpha value is -2.57. The number of hydrogen-bond acceptors (Lipinski definition) is 5. The molecule has 0 amide bonds. The van der Waals surface area contributed by atoms with Gasteiger partial charge < -0.3 is 5.32 Å². The van der Waals surface area contributed by atoms with Crippen LogP contribution >= 0.6 is 23.4 Å². The molecular formula is C18H14ClN3O2S. The topological polar surface area (TPSA) is 68.1 Å². The fourth-order valence-electron chi connectivity index (χ4n) is 2.20. The molecule has 1 heterocycles. The van der Waals surface area contributed by atoms with Crippen LogP contribution < -0.4 is 5.32 Å². The number of non-ortho nitro benzene ring substituents is 1. The highest BCUT2D eigenvalue weighted by Gasteiger charge is 2.15. The van der Waals surface area contributed by atoms with Crippen molar-refractivity contribution >= 4 is 34.7 Å². The highest BCUT2D eigenvalue weighted by atomic mass is 35.5. The van der Waals surface area contributed by atoms with Crippen LogP contribution in [-0.2, 0) is 0 Å². The van der Waals surface area contributed by atoms with Gasteiger partial charge in [-0.3, -0.25) is 15.1 Å². The lowest BCUT2D eigenvalue weighted by Crippen LogP contribution is -2.07. The number of nitro groups is 1. The molecule has 0 saturated heterocycles. The third-order valence-electron chi connectivity index (χ3n) is 3.43. The minimum Gasteiger partial charge on any atom is -0.368 e. The largest absolute Gasteiger partial charge is 0.368 e. The first-order chi connectivity index (χ1) is 12.1. The van der Waals surface area contributed by atoms with Crippen LogP contribution in [0, 0.1) is 10.1 Å². The maximum Gasteiger partial charge on any atom is 0.269 e. The lowest BCUT2D eigenvalue weighted by Gasteiger charge is -2.20. The summed E-state index contributed by atoms with van der Waals surface area (Å²) in [5, 5.41) is 14.8. The Morgan fingerprint density at radius 3 is 2.40 bits per heavy atom. The average Bonchev–Trinajstić information content (AvgIpc) is 2.64. The van der Waals surface area contributed by atoms with Gasteiger partial charge in [-0.25, -0.2) is 0 Å². The number of aromatic nitrogens is 1. The summed E-state index contributed by atoms with van der Waals surface area (Å²) in [6.07, 6.45) is 3.44. The monoisotopic (exact) mass is 371 g/mol. The van der Waals surface area contributed by atoms with Crippen molar-refractivity contribution in [3.63, 3.8) is 0 Å². The van der Waals surface area contributed by atoms with Gasteiger partial charge in [0.1, 0.15) is 5.37 Å². The first-order valence-electron chi connectivity index (χ1n) is 7.45. The van der Waals surface area contributed by atoms with Crippen LogP contribution in [0.1, 0.15) is 10.9 Å². The van der Waals surface area contributed by atoms with Crippen molar-refractivity contribution in [2.75, 3.05) is 5.32 Å². The van der Waals surface area contributed by atoms with Gasteiger partial charge in [0, 0.05) is 34.4 Å². The van der Waals surface area contributed by atoms with Crippen molar-refractivity contribution in [2.45, 2.75) is 10.3 Å². The lowest BCUT2D eigenvalue weighted by atomic mass is 10.2. The average molecular weight is 372 g/mol. The minimum atomic E-state index is -0.403. The Morgan fingerprint density at radius 2 is 1.80 bits per heavy atom. The quantitative estimate of drug-likeness (QED) is 0.266. The number of pyridine rings is 1. The summed E-state index contributed by atoms with van der Waals surface area (Å²) in [6.45, 7) is 0. The summed E-state index contributed by atoms with van der Waals surface area (Å²) < 4.78 is 0. The third kappa shape index (κ3) is 4.71. The Bertz CT molecular complexity index is 842. The van der Waals surface area contributed by atoms with Gasteiger partial charge in [-0.2, -0.15) is 0 Å². The highest BCUT2D eigenvalue weighted by molar-refractivity contribution is 7.99. The maximum absolute atomic E-state index is 10.9.